The molecule has 0 bridgehead atoms. The molecule has 0 saturated heterocycles. The fraction of sp³-hybridized carbons (Fsp3) is 0.769. The average Bonchev–Trinajstić information content (AvgIpc) is 3.03. The Balaban J connectivity index is 2.05. The first-order valence-electron chi connectivity index (χ1n) is 7.52. The lowest BCUT2D eigenvalue weighted by molar-refractivity contribution is 0.328. The van der Waals surface area contributed by atoms with Crippen LogP contribution < -0.4 is 4.72 Å². The van der Waals surface area contributed by atoms with Gasteiger partial charge in [-0.05, 0) is 26.7 Å². The third kappa shape index (κ3) is 4.31. The van der Waals surface area contributed by atoms with Crippen molar-refractivity contribution in [2.45, 2.75) is 50.5 Å². The molecule has 0 unspecified atom stereocenters. The van der Waals surface area contributed by atoms with Crippen molar-refractivity contribution in [3.63, 3.8) is 0 Å². The van der Waals surface area contributed by atoms with E-state index in [0.717, 1.165) is 31.9 Å². The van der Waals surface area contributed by atoms with Crippen LogP contribution in [0.25, 0.3) is 0 Å². The lowest BCUT2D eigenvalue weighted by Gasteiger charge is -2.26. The maximum Gasteiger partial charge on any atom is 0.246 e. The van der Waals surface area contributed by atoms with Gasteiger partial charge in [-0.2, -0.15) is 4.31 Å². The van der Waals surface area contributed by atoms with Crippen molar-refractivity contribution >= 4 is 20.0 Å². The van der Waals surface area contributed by atoms with E-state index in [1.54, 1.807) is 6.92 Å². The van der Waals surface area contributed by atoms with E-state index in [1.807, 2.05) is 0 Å². The van der Waals surface area contributed by atoms with Crippen LogP contribution in [0.1, 0.15) is 37.1 Å². The van der Waals surface area contributed by atoms with Gasteiger partial charge in [0.05, 0.1) is 6.26 Å². The summed E-state index contributed by atoms with van der Waals surface area (Å²) in [5.41, 5.74) is 0.283. The Hall–Kier alpha value is -0.970. The highest BCUT2D eigenvalue weighted by atomic mass is 32.2. The fourth-order valence-corrected chi connectivity index (χ4v) is 5.55. The van der Waals surface area contributed by atoms with Gasteiger partial charge in [0.15, 0.2) is 5.76 Å². The molecule has 8 nitrogen and oxygen atoms in total. The van der Waals surface area contributed by atoms with Crippen molar-refractivity contribution in [2.24, 2.45) is 0 Å². The molecule has 132 valence electrons. The van der Waals surface area contributed by atoms with Gasteiger partial charge >= 0.3 is 0 Å². The van der Waals surface area contributed by atoms with Gasteiger partial charge in [-0.1, -0.05) is 18.0 Å². The summed E-state index contributed by atoms with van der Waals surface area (Å²) in [6, 6.07) is -0.0337. The Kier molecular flexibility index (Phi) is 5.49. The number of nitrogens with zero attached hydrogens (tertiary/aromatic N) is 2. The molecule has 0 aliphatic heterocycles. The molecule has 1 aromatic rings. The number of hydrogen-bond donors (Lipinski definition) is 1. The van der Waals surface area contributed by atoms with Crippen LogP contribution in [0.5, 0.6) is 0 Å². The molecule has 1 fully saturated rings. The summed E-state index contributed by atoms with van der Waals surface area (Å²) in [5, 5.41) is 3.63. The molecule has 1 aromatic heterocycles. The highest BCUT2D eigenvalue weighted by Crippen LogP contribution is 2.25. The molecule has 0 radical (unpaired) electrons. The fourth-order valence-electron chi connectivity index (χ4n) is 3.03. The van der Waals surface area contributed by atoms with Crippen LogP contribution in [0.2, 0.25) is 0 Å². The minimum Gasteiger partial charge on any atom is -0.360 e. The molecule has 1 heterocycles. The van der Waals surface area contributed by atoms with Gasteiger partial charge in [0.25, 0.3) is 0 Å². The summed E-state index contributed by atoms with van der Waals surface area (Å²) < 4.78 is 57.2. The van der Waals surface area contributed by atoms with Crippen LogP contribution in [-0.4, -0.2) is 51.7 Å². The van der Waals surface area contributed by atoms with Crippen molar-refractivity contribution in [3.8, 4) is 0 Å². The van der Waals surface area contributed by atoms with Crippen molar-refractivity contribution in [1.82, 2.24) is 14.2 Å². The summed E-state index contributed by atoms with van der Waals surface area (Å²) >= 11 is 0. The molecule has 10 heteroatoms. The van der Waals surface area contributed by atoms with E-state index in [-0.39, 0.29) is 35.5 Å². The number of sulfonamides is 2. The zero-order valence-corrected chi connectivity index (χ0v) is 15.2. The summed E-state index contributed by atoms with van der Waals surface area (Å²) in [7, 11) is -7.14. The summed E-state index contributed by atoms with van der Waals surface area (Å²) in [6.45, 7) is 3.20. The van der Waals surface area contributed by atoms with E-state index in [2.05, 4.69) is 9.88 Å². The summed E-state index contributed by atoms with van der Waals surface area (Å²) in [4.78, 5) is 0.0178. The predicted molar refractivity (Wildman–Crippen MR) is 85.0 cm³/mol. The number of aryl methyl sites for hydroxylation is 2. The minimum absolute atomic E-state index is 0.00988. The molecule has 1 aliphatic rings. The molecule has 23 heavy (non-hydrogen) atoms. The third-order valence-corrected chi connectivity index (χ3v) is 7.06. The van der Waals surface area contributed by atoms with Crippen LogP contribution in [0.3, 0.4) is 0 Å². The zero-order chi connectivity index (χ0) is 17.3. The Morgan fingerprint density at radius 1 is 1.22 bits per heavy atom. The first-order chi connectivity index (χ1) is 10.6. The van der Waals surface area contributed by atoms with E-state index in [4.69, 9.17) is 4.52 Å². The van der Waals surface area contributed by atoms with Crippen molar-refractivity contribution in [1.29, 1.82) is 0 Å². The van der Waals surface area contributed by atoms with Gasteiger partial charge in [0, 0.05) is 19.1 Å². The third-order valence-electron chi connectivity index (χ3n) is 4.02. The van der Waals surface area contributed by atoms with E-state index in [1.165, 1.54) is 11.2 Å². The predicted octanol–water partition coefficient (Wildman–Crippen LogP) is 0.774. The van der Waals surface area contributed by atoms with Crippen molar-refractivity contribution in [3.05, 3.63) is 11.5 Å². The van der Waals surface area contributed by atoms with Gasteiger partial charge in [0.2, 0.25) is 20.0 Å². The molecular weight excluding hydrogens is 342 g/mol. The maximum atomic E-state index is 12.3. The minimum atomic E-state index is -3.77. The van der Waals surface area contributed by atoms with Crippen LogP contribution in [0.15, 0.2) is 9.42 Å². The number of hydrogen-bond acceptors (Lipinski definition) is 6. The Bertz CT molecular complexity index is 729. The zero-order valence-electron chi connectivity index (χ0n) is 13.6. The first kappa shape index (κ1) is 18.4. The molecule has 1 aliphatic carbocycles. The van der Waals surface area contributed by atoms with Crippen LogP contribution in [-0.2, 0) is 20.0 Å². The number of nitrogens with one attached hydrogen (secondary N) is 1. The SMILES string of the molecule is Cc1noc(C)c1S(=O)(=O)NCCN(C1CCCC1)S(C)(=O)=O. The van der Waals surface area contributed by atoms with Crippen LogP contribution >= 0.6 is 0 Å². The average molecular weight is 365 g/mol. The highest BCUT2D eigenvalue weighted by Gasteiger charge is 2.30. The second-order valence-corrected chi connectivity index (χ2v) is 9.50. The second kappa shape index (κ2) is 6.88. The van der Waals surface area contributed by atoms with E-state index in [9.17, 15) is 16.8 Å². The smallest absolute Gasteiger partial charge is 0.246 e. The summed E-state index contributed by atoms with van der Waals surface area (Å²) in [5.74, 6) is 0.214. The summed E-state index contributed by atoms with van der Waals surface area (Å²) in [6.07, 6.45) is 4.81. The van der Waals surface area contributed by atoms with Gasteiger partial charge in [-0.3, -0.25) is 0 Å². The quantitative estimate of drug-likeness (QED) is 0.764. The maximum absolute atomic E-state index is 12.3. The number of aromatic nitrogens is 1. The Morgan fingerprint density at radius 3 is 2.30 bits per heavy atom. The molecule has 0 aromatic carbocycles. The molecule has 1 N–H and O–H groups in total. The molecule has 2 rings (SSSR count). The molecule has 0 atom stereocenters. The van der Waals surface area contributed by atoms with E-state index in [0.29, 0.717) is 0 Å². The number of rotatable bonds is 7. The second-order valence-electron chi connectivity index (χ2n) is 5.86. The van der Waals surface area contributed by atoms with Crippen molar-refractivity contribution < 1.29 is 21.4 Å². The van der Waals surface area contributed by atoms with Gasteiger partial charge < -0.3 is 4.52 Å². The van der Waals surface area contributed by atoms with E-state index >= 15 is 0 Å². The Morgan fingerprint density at radius 2 is 1.83 bits per heavy atom. The topological polar surface area (TPSA) is 110 Å². The molecular formula is C13H23N3O5S2. The molecule has 1 saturated carbocycles. The Labute approximate surface area is 137 Å². The van der Waals surface area contributed by atoms with Gasteiger partial charge in [-0.15, -0.1) is 0 Å². The first-order valence-corrected chi connectivity index (χ1v) is 10.9. The lowest BCUT2D eigenvalue weighted by Crippen LogP contribution is -2.43. The normalized spacial score (nSPS) is 17.2. The largest absolute Gasteiger partial charge is 0.360 e. The van der Waals surface area contributed by atoms with Crippen LogP contribution in [0.4, 0.5) is 0 Å². The molecule has 0 spiro atoms. The van der Waals surface area contributed by atoms with Crippen molar-refractivity contribution in [2.75, 3.05) is 19.3 Å². The van der Waals surface area contributed by atoms with E-state index < -0.39 is 20.0 Å². The highest BCUT2D eigenvalue weighted by molar-refractivity contribution is 7.89. The lowest BCUT2D eigenvalue weighted by atomic mass is 10.2. The van der Waals surface area contributed by atoms with Gasteiger partial charge in [0.1, 0.15) is 10.6 Å². The standard InChI is InChI=1S/C13H23N3O5S2/c1-10-13(11(2)21-15-10)23(19,20)14-8-9-16(22(3,17)18)12-6-4-5-7-12/h12,14H,4-9H2,1-3H3. The van der Waals surface area contributed by atoms with Crippen LogP contribution in [0, 0.1) is 13.8 Å². The van der Waals surface area contributed by atoms with Gasteiger partial charge in [-0.25, -0.2) is 21.6 Å². The molecule has 0 amide bonds. The monoisotopic (exact) mass is 365 g/mol.